The second-order valence-electron chi connectivity index (χ2n) is 4.49. The van der Waals surface area contributed by atoms with Gasteiger partial charge < -0.3 is 19.3 Å². The second-order valence-corrected chi connectivity index (χ2v) is 4.49. The minimum absolute atomic E-state index is 0.282. The Bertz CT molecular complexity index is 166. The largest absolute Gasteiger partial charge is 0.384 e. The van der Waals surface area contributed by atoms with Gasteiger partial charge in [-0.15, -0.1) is 0 Å². The van der Waals surface area contributed by atoms with Crippen LogP contribution in [0.2, 0.25) is 0 Å². The summed E-state index contributed by atoms with van der Waals surface area (Å²) < 4.78 is 15.3. The van der Waals surface area contributed by atoms with Crippen LogP contribution in [0.1, 0.15) is 25.7 Å². The summed E-state index contributed by atoms with van der Waals surface area (Å²) in [7, 11) is 3.38. The monoisotopic (exact) mass is 232 g/mol. The molecule has 0 aromatic heterocycles. The van der Waals surface area contributed by atoms with E-state index in [0.717, 1.165) is 32.3 Å². The van der Waals surface area contributed by atoms with Crippen molar-refractivity contribution in [3.63, 3.8) is 0 Å². The molecule has 0 radical (unpaired) electrons. The third-order valence-electron chi connectivity index (χ3n) is 3.27. The molecule has 4 heteroatoms. The highest BCUT2D eigenvalue weighted by Crippen LogP contribution is 2.31. The summed E-state index contributed by atoms with van der Waals surface area (Å²) in [5.74, 6) is 0.942. The van der Waals surface area contributed by atoms with Gasteiger partial charge in [-0.2, -0.15) is 0 Å². The van der Waals surface area contributed by atoms with Gasteiger partial charge in [0, 0.05) is 26.7 Å². The smallest absolute Gasteiger partial charge is 0.157 e. The minimum atomic E-state index is -0.626. The van der Waals surface area contributed by atoms with Crippen LogP contribution < -0.4 is 0 Å². The minimum Gasteiger partial charge on any atom is -0.384 e. The standard InChI is InChI=1S/C12H24O4/c1-14-7-8-16-12(13)11-5-3-10(4-6-11)9-15-2/h10-13H,3-9H2,1-2H3. The maximum absolute atomic E-state index is 9.81. The molecule has 0 heterocycles. The van der Waals surface area contributed by atoms with Crippen LogP contribution in [0, 0.1) is 11.8 Å². The fourth-order valence-electron chi connectivity index (χ4n) is 2.26. The third-order valence-corrected chi connectivity index (χ3v) is 3.27. The third kappa shape index (κ3) is 4.78. The number of aliphatic hydroxyl groups is 1. The molecule has 0 aliphatic heterocycles. The summed E-state index contributed by atoms with van der Waals surface area (Å²) in [6, 6.07) is 0. The van der Waals surface area contributed by atoms with Crippen LogP contribution in [0.25, 0.3) is 0 Å². The molecule has 1 saturated carbocycles. The van der Waals surface area contributed by atoms with E-state index in [9.17, 15) is 5.11 Å². The molecular formula is C12H24O4. The van der Waals surface area contributed by atoms with Crippen LogP contribution in [0.5, 0.6) is 0 Å². The number of rotatable bonds is 7. The van der Waals surface area contributed by atoms with E-state index in [1.807, 2.05) is 0 Å². The Hall–Kier alpha value is -0.160. The molecule has 0 spiro atoms. The van der Waals surface area contributed by atoms with Crippen LogP contribution in [0.4, 0.5) is 0 Å². The van der Waals surface area contributed by atoms with Gasteiger partial charge in [-0.1, -0.05) is 0 Å². The van der Waals surface area contributed by atoms with Gasteiger partial charge in [-0.3, -0.25) is 0 Å². The van der Waals surface area contributed by atoms with Gasteiger partial charge >= 0.3 is 0 Å². The Kier molecular flexibility index (Phi) is 6.96. The first-order valence-electron chi connectivity index (χ1n) is 6.05. The van der Waals surface area contributed by atoms with Gasteiger partial charge in [0.25, 0.3) is 0 Å². The average Bonchev–Trinajstić information content (AvgIpc) is 2.30. The molecule has 1 rings (SSSR count). The van der Waals surface area contributed by atoms with Gasteiger partial charge in [-0.05, 0) is 31.6 Å². The highest BCUT2D eigenvalue weighted by molar-refractivity contribution is 4.74. The van der Waals surface area contributed by atoms with Crippen LogP contribution in [0.15, 0.2) is 0 Å². The van der Waals surface area contributed by atoms with Crippen LogP contribution in [0.3, 0.4) is 0 Å². The molecule has 0 aromatic rings. The zero-order valence-corrected chi connectivity index (χ0v) is 10.4. The quantitative estimate of drug-likeness (QED) is 0.533. The lowest BCUT2D eigenvalue weighted by Crippen LogP contribution is -2.30. The molecule has 96 valence electrons. The number of methoxy groups -OCH3 is 2. The molecule has 0 amide bonds. The number of aliphatic hydroxyl groups excluding tert-OH is 1. The van der Waals surface area contributed by atoms with Gasteiger partial charge in [-0.25, -0.2) is 0 Å². The highest BCUT2D eigenvalue weighted by atomic mass is 16.6. The first-order chi connectivity index (χ1) is 7.77. The van der Waals surface area contributed by atoms with E-state index in [4.69, 9.17) is 14.2 Å². The summed E-state index contributed by atoms with van der Waals surface area (Å²) in [6.45, 7) is 1.85. The number of hydrogen-bond acceptors (Lipinski definition) is 4. The van der Waals surface area contributed by atoms with Crippen molar-refractivity contribution in [2.24, 2.45) is 11.8 Å². The summed E-state index contributed by atoms with van der Waals surface area (Å²) in [5, 5.41) is 9.81. The van der Waals surface area contributed by atoms with Crippen LogP contribution in [-0.4, -0.2) is 45.4 Å². The van der Waals surface area contributed by atoms with Gasteiger partial charge in [0.05, 0.1) is 13.2 Å². The normalized spacial score (nSPS) is 27.9. The summed E-state index contributed by atoms with van der Waals surface area (Å²) in [4.78, 5) is 0. The van der Waals surface area contributed by atoms with E-state index in [1.165, 1.54) is 0 Å². The lowest BCUT2D eigenvalue weighted by molar-refractivity contribution is -0.150. The zero-order chi connectivity index (χ0) is 11.8. The van der Waals surface area contributed by atoms with Crippen molar-refractivity contribution in [1.82, 2.24) is 0 Å². The van der Waals surface area contributed by atoms with E-state index in [0.29, 0.717) is 19.1 Å². The van der Waals surface area contributed by atoms with Crippen molar-refractivity contribution >= 4 is 0 Å². The van der Waals surface area contributed by atoms with Gasteiger partial charge in [0.15, 0.2) is 6.29 Å². The molecule has 1 atom stereocenters. The average molecular weight is 232 g/mol. The first kappa shape index (κ1) is 13.9. The van der Waals surface area contributed by atoms with Crippen molar-refractivity contribution in [3.8, 4) is 0 Å². The van der Waals surface area contributed by atoms with Crippen molar-refractivity contribution < 1.29 is 19.3 Å². The lowest BCUT2D eigenvalue weighted by Gasteiger charge is -2.30. The van der Waals surface area contributed by atoms with Crippen molar-refractivity contribution in [2.75, 3.05) is 34.0 Å². The summed E-state index contributed by atoms with van der Waals surface area (Å²) in [5.41, 5.74) is 0. The van der Waals surface area contributed by atoms with Gasteiger partial charge in [0.1, 0.15) is 0 Å². The molecule has 0 aromatic carbocycles. The number of ether oxygens (including phenoxy) is 3. The predicted octanol–water partition coefficient (Wildman–Crippen LogP) is 1.42. The molecule has 1 N–H and O–H groups in total. The molecule has 16 heavy (non-hydrogen) atoms. The molecule has 1 aliphatic carbocycles. The Morgan fingerprint density at radius 3 is 2.31 bits per heavy atom. The molecule has 4 nitrogen and oxygen atoms in total. The predicted molar refractivity (Wildman–Crippen MR) is 61.2 cm³/mol. The van der Waals surface area contributed by atoms with E-state index in [2.05, 4.69) is 0 Å². The van der Waals surface area contributed by atoms with Crippen molar-refractivity contribution in [3.05, 3.63) is 0 Å². The van der Waals surface area contributed by atoms with E-state index in [1.54, 1.807) is 14.2 Å². The maximum atomic E-state index is 9.81. The zero-order valence-electron chi connectivity index (χ0n) is 10.4. The summed E-state index contributed by atoms with van der Waals surface area (Å²) >= 11 is 0. The lowest BCUT2D eigenvalue weighted by atomic mass is 9.82. The maximum Gasteiger partial charge on any atom is 0.157 e. The SMILES string of the molecule is COCCOC(O)C1CCC(COC)CC1. The van der Waals surface area contributed by atoms with E-state index in [-0.39, 0.29) is 5.92 Å². The number of hydrogen-bond donors (Lipinski definition) is 1. The van der Waals surface area contributed by atoms with Crippen molar-refractivity contribution in [2.45, 2.75) is 32.0 Å². The fraction of sp³-hybridized carbons (Fsp3) is 1.00. The molecule has 1 unspecified atom stereocenters. The Morgan fingerprint density at radius 1 is 1.06 bits per heavy atom. The molecule has 1 aliphatic rings. The molecule has 0 bridgehead atoms. The van der Waals surface area contributed by atoms with E-state index < -0.39 is 6.29 Å². The Morgan fingerprint density at radius 2 is 1.75 bits per heavy atom. The molecule has 0 saturated heterocycles. The fourth-order valence-corrected chi connectivity index (χ4v) is 2.26. The highest BCUT2D eigenvalue weighted by Gasteiger charge is 2.26. The molecular weight excluding hydrogens is 208 g/mol. The summed E-state index contributed by atoms with van der Waals surface area (Å²) in [6.07, 6.45) is 3.69. The van der Waals surface area contributed by atoms with Crippen LogP contribution >= 0.6 is 0 Å². The second kappa shape index (κ2) is 8.01. The first-order valence-corrected chi connectivity index (χ1v) is 6.05. The Labute approximate surface area is 97.9 Å². The molecule has 1 fully saturated rings. The topological polar surface area (TPSA) is 47.9 Å². The Balaban J connectivity index is 2.14. The van der Waals surface area contributed by atoms with Crippen LogP contribution in [-0.2, 0) is 14.2 Å². The van der Waals surface area contributed by atoms with E-state index >= 15 is 0 Å². The van der Waals surface area contributed by atoms with Crippen molar-refractivity contribution in [1.29, 1.82) is 0 Å². The van der Waals surface area contributed by atoms with Gasteiger partial charge in [0.2, 0.25) is 0 Å².